The molecule has 46 heavy (non-hydrogen) atoms. The molecule has 4 aromatic rings. The molecule has 1 atom stereocenters. The maximum absolute atomic E-state index is 13.7. The molecule has 234 valence electrons. The van der Waals surface area contributed by atoms with Crippen molar-refractivity contribution in [2.75, 3.05) is 24.4 Å². The Hall–Kier alpha value is -4.14. The Balaban J connectivity index is 1.37. The third-order valence-electron chi connectivity index (χ3n) is 6.89. The van der Waals surface area contributed by atoms with Gasteiger partial charge in [-0.2, -0.15) is 0 Å². The number of ether oxygens (including phenoxy) is 2. The van der Waals surface area contributed by atoms with Gasteiger partial charge in [0.15, 0.2) is 11.5 Å². The number of hydrogen-bond acceptors (Lipinski definition) is 7. The summed E-state index contributed by atoms with van der Waals surface area (Å²) in [5, 5.41) is 4.96. The first-order chi connectivity index (χ1) is 22.2. The molecule has 1 aliphatic rings. The maximum atomic E-state index is 13.7. The first kappa shape index (κ1) is 33.2. The van der Waals surface area contributed by atoms with Crippen LogP contribution >= 0.6 is 50.3 Å². The highest BCUT2D eigenvalue weighted by atomic mass is 127. The molecule has 0 saturated carbocycles. The minimum absolute atomic E-state index is 0.0236. The van der Waals surface area contributed by atoms with Crippen molar-refractivity contribution in [3.63, 3.8) is 0 Å². The van der Waals surface area contributed by atoms with Gasteiger partial charge in [0.1, 0.15) is 5.70 Å². The number of anilines is 2. The van der Waals surface area contributed by atoms with E-state index in [1.165, 1.54) is 37.0 Å². The van der Waals surface area contributed by atoms with Crippen LogP contribution in [0.1, 0.15) is 22.3 Å². The lowest BCUT2D eigenvalue weighted by molar-refractivity contribution is -0.121. The van der Waals surface area contributed by atoms with Crippen LogP contribution in [0.25, 0.3) is 6.08 Å². The number of imide groups is 1. The zero-order valence-electron chi connectivity index (χ0n) is 24.6. The van der Waals surface area contributed by atoms with Gasteiger partial charge >= 0.3 is 0 Å². The molecule has 0 unspecified atom stereocenters. The van der Waals surface area contributed by atoms with Crippen molar-refractivity contribution in [1.82, 2.24) is 5.32 Å². The summed E-state index contributed by atoms with van der Waals surface area (Å²) in [7, 11) is 3.02. The summed E-state index contributed by atoms with van der Waals surface area (Å²) in [6, 6.07) is 26.1. The number of amides is 4. The van der Waals surface area contributed by atoms with Gasteiger partial charge in [0.25, 0.3) is 11.8 Å². The van der Waals surface area contributed by atoms with Crippen molar-refractivity contribution in [2.24, 2.45) is 0 Å². The third-order valence-corrected chi connectivity index (χ3v) is 9.48. The molecule has 9 nitrogen and oxygen atoms in total. The van der Waals surface area contributed by atoms with Gasteiger partial charge in [-0.3, -0.25) is 19.2 Å². The topological polar surface area (TPSA) is 114 Å². The molecule has 0 aliphatic carbocycles. The summed E-state index contributed by atoms with van der Waals surface area (Å²) in [5.41, 5.74) is 1.89. The number of hydrogen-bond donors (Lipinski definition) is 2. The van der Waals surface area contributed by atoms with Crippen molar-refractivity contribution in [1.29, 1.82) is 0 Å². The van der Waals surface area contributed by atoms with Crippen LogP contribution in [0.5, 0.6) is 11.5 Å². The lowest BCUT2D eigenvalue weighted by Gasteiger charge is -2.15. The van der Waals surface area contributed by atoms with Gasteiger partial charge in [0.05, 0.1) is 25.2 Å². The van der Waals surface area contributed by atoms with Crippen LogP contribution in [0.4, 0.5) is 11.4 Å². The minimum Gasteiger partial charge on any atom is -0.493 e. The quantitative estimate of drug-likeness (QED) is 0.102. The summed E-state index contributed by atoms with van der Waals surface area (Å²) in [6.45, 7) is 0. The van der Waals surface area contributed by atoms with Gasteiger partial charge in [-0.1, -0.05) is 40.2 Å². The molecule has 0 bridgehead atoms. The van der Waals surface area contributed by atoms with Crippen LogP contribution in [0.3, 0.4) is 0 Å². The molecular weight excluding hydrogens is 785 g/mol. The van der Waals surface area contributed by atoms with E-state index in [-0.39, 0.29) is 23.9 Å². The van der Waals surface area contributed by atoms with E-state index in [2.05, 4.69) is 49.2 Å². The zero-order valence-corrected chi connectivity index (χ0v) is 29.1. The second-order valence-electron chi connectivity index (χ2n) is 9.94. The highest BCUT2D eigenvalue weighted by Gasteiger charge is 2.40. The molecule has 12 heteroatoms. The van der Waals surface area contributed by atoms with Crippen LogP contribution < -0.4 is 25.0 Å². The van der Waals surface area contributed by atoms with Crippen LogP contribution in [0.2, 0.25) is 0 Å². The molecular formula is C34H27BrIN3O6S. The fourth-order valence-corrected chi connectivity index (χ4v) is 6.56. The molecule has 1 aliphatic heterocycles. The molecule has 0 spiro atoms. The number of rotatable bonds is 10. The van der Waals surface area contributed by atoms with Crippen LogP contribution in [0, 0.1) is 3.57 Å². The largest absolute Gasteiger partial charge is 0.493 e. The smallest absolute Gasteiger partial charge is 0.272 e. The van der Waals surface area contributed by atoms with E-state index in [0.29, 0.717) is 43.4 Å². The Morgan fingerprint density at radius 1 is 0.935 bits per heavy atom. The normalized spacial score (nSPS) is 14.7. The SMILES string of the molecule is COc1cc(Br)c(/C=C(\NC(=O)c2ccccc2)C(=O)Nc2cccc(S[C@H]3CC(=O)N(c4ccc(I)cc4)C3=O)c2)cc1OC. The van der Waals surface area contributed by atoms with E-state index >= 15 is 0 Å². The molecule has 1 saturated heterocycles. The fraction of sp³-hybridized carbons (Fsp3) is 0.118. The average molecular weight is 812 g/mol. The molecule has 0 radical (unpaired) electrons. The first-order valence-electron chi connectivity index (χ1n) is 13.9. The summed E-state index contributed by atoms with van der Waals surface area (Å²) < 4.78 is 12.4. The number of benzene rings is 4. The van der Waals surface area contributed by atoms with E-state index in [4.69, 9.17) is 9.47 Å². The third kappa shape index (κ3) is 7.80. The monoisotopic (exact) mass is 811 g/mol. The number of nitrogens with zero attached hydrogens (tertiary/aromatic N) is 1. The maximum Gasteiger partial charge on any atom is 0.272 e. The van der Waals surface area contributed by atoms with E-state index in [1.54, 1.807) is 78.9 Å². The average Bonchev–Trinajstić information content (AvgIpc) is 3.33. The van der Waals surface area contributed by atoms with Crippen molar-refractivity contribution in [3.05, 3.63) is 116 Å². The van der Waals surface area contributed by atoms with Gasteiger partial charge in [-0.05, 0) is 101 Å². The van der Waals surface area contributed by atoms with E-state index in [9.17, 15) is 19.2 Å². The Kier molecular flexibility index (Phi) is 10.8. The molecule has 0 aromatic heterocycles. The van der Waals surface area contributed by atoms with E-state index < -0.39 is 17.1 Å². The van der Waals surface area contributed by atoms with Gasteiger partial charge in [0.2, 0.25) is 11.8 Å². The summed E-state index contributed by atoms with van der Waals surface area (Å²) in [5.74, 6) is -0.672. The van der Waals surface area contributed by atoms with Crippen LogP contribution in [-0.4, -0.2) is 43.1 Å². The van der Waals surface area contributed by atoms with Gasteiger partial charge in [-0.15, -0.1) is 11.8 Å². The Morgan fingerprint density at radius 3 is 2.33 bits per heavy atom. The fourth-order valence-electron chi connectivity index (χ4n) is 4.65. The highest BCUT2D eigenvalue weighted by Crippen LogP contribution is 2.36. The van der Waals surface area contributed by atoms with Crippen molar-refractivity contribution >= 4 is 91.4 Å². The number of methoxy groups -OCH3 is 2. The van der Waals surface area contributed by atoms with Crippen LogP contribution in [0.15, 0.2) is 106 Å². The lowest BCUT2D eigenvalue weighted by atomic mass is 10.1. The molecule has 2 N–H and O–H groups in total. The molecule has 4 amide bonds. The Morgan fingerprint density at radius 2 is 1.63 bits per heavy atom. The van der Waals surface area contributed by atoms with Crippen molar-refractivity contribution < 1.29 is 28.7 Å². The van der Waals surface area contributed by atoms with E-state index in [0.717, 1.165) is 3.57 Å². The van der Waals surface area contributed by atoms with Gasteiger partial charge < -0.3 is 20.1 Å². The standard InChI is InChI=1S/C34H27BrIN3O6S/c1-44-28-16-21(26(35)18-29(28)45-2)15-27(38-32(41)20-7-4-3-5-8-20)33(42)37-23-9-6-10-25(17-23)46-30-19-31(40)39(34(30)43)24-13-11-22(36)12-14-24/h3-18,30H,19H2,1-2H3,(H,37,42)(H,38,41)/b27-15-/t30-/m0/s1. The number of carbonyl (C=O) groups is 4. The predicted molar refractivity (Wildman–Crippen MR) is 190 cm³/mol. The summed E-state index contributed by atoms with van der Waals surface area (Å²) >= 11 is 6.93. The summed E-state index contributed by atoms with van der Waals surface area (Å²) in [4.78, 5) is 54.7. The minimum atomic E-state index is -0.610. The van der Waals surface area contributed by atoms with Crippen LogP contribution in [-0.2, 0) is 14.4 Å². The Bertz CT molecular complexity index is 1830. The van der Waals surface area contributed by atoms with Crippen molar-refractivity contribution in [2.45, 2.75) is 16.6 Å². The molecule has 1 fully saturated rings. The molecule has 5 rings (SSSR count). The van der Waals surface area contributed by atoms with E-state index in [1.807, 2.05) is 12.1 Å². The van der Waals surface area contributed by atoms with Gasteiger partial charge in [0, 0.05) is 30.6 Å². The van der Waals surface area contributed by atoms with Crippen molar-refractivity contribution in [3.8, 4) is 11.5 Å². The first-order valence-corrected chi connectivity index (χ1v) is 16.6. The van der Waals surface area contributed by atoms with Gasteiger partial charge in [-0.25, -0.2) is 4.90 Å². The summed E-state index contributed by atoms with van der Waals surface area (Å²) in [6.07, 6.45) is 1.59. The highest BCUT2D eigenvalue weighted by molar-refractivity contribution is 14.1. The second-order valence-corrected chi connectivity index (χ2v) is 13.3. The second kappa shape index (κ2) is 15.0. The molecule has 4 aromatic carbocycles. The number of carbonyl (C=O) groups excluding carboxylic acids is 4. The zero-order chi connectivity index (χ0) is 32.8. The number of nitrogens with one attached hydrogen (secondary N) is 2. The number of thioether (sulfide) groups is 1. The number of halogens is 2. The molecule has 1 heterocycles. The lowest BCUT2D eigenvalue weighted by Crippen LogP contribution is -2.31. The predicted octanol–water partition coefficient (Wildman–Crippen LogP) is 6.90. The Labute approximate surface area is 292 Å².